The first kappa shape index (κ1) is 25.6. The Morgan fingerprint density at radius 1 is 0.711 bits per heavy atom. The maximum Gasteiger partial charge on any atom is 0.108 e. The Morgan fingerprint density at radius 2 is 1.34 bits per heavy atom. The van der Waals surface area contributed by atoms with Gasteiger partial charge in [0, 0.05) is 5.56 Å². The average molecular weight is 493 g/mol. The number of allylic oxidation sites excluding steroid dienone is 4. The molecule has 0 heterocycles. The van der Waals surface area contributed by atoms with Gasteiger partial charge in [-0.05, 0) is 70.4 Å². The van der Waals surface area contributed by atoms with Gasteiger partial charge in [0.2, 0.25) is 0 Å². The van der Waals surface area contributed by atoms with Crippen LogP contribution in [0.1, 0.15) is 73.8 Å². The Balaban J connectivity index is 1.90. The summed E-state index contributed by atoms with van der Waals surface area (Å²) in [6.07, 6.45) is 7.95. The van der Waals surface area contributed by atoms with E-state index in [-0.39, 0.29) is 0 Å². The van der Waals surface area contributed by atoms with Gasteiger partial charge in [-0.3, -0.25) is 0 Å². The molecule has 1 unspecified atom stereocenters. The van der Waals surface area contributed by atoms with Crippen LogP contribution in [-0.4, -0.2) is 0 Å². The minimum absolute atomic E-state index is 0.563. The number of rotatable bonds is 8. The first-order chi connectivity index (χ1) is 18.8. The van der Waals surface area contributed by atoms with Crippen molar-refractivity contribution in [3.05, 3.63) is 155 Å². The van der Waals surface area contributed by atoms with Crippen LogP contribution < -0.4 is 0 Å². The number of hydrogen-bond acceptors (Lipinski definition) is 0. The van der Waals surface area contributed by atoms with Gasteiger partial charge in [-0.25, -0.2) is 0 Å². The second-order valence-corrected chi connectivity index (χ2v) is 10.0. The summed E-state index contributed by atoms with van der Waals surface area (Å²) in [7, 11) is 0. The van der Waals surface area contributed by atoms with Gasteiger partial charge in [0.05, 0.1) is 0 Å². The normalized spacial score (nSPS) is 16.6. The molecule has 0 nitrogen and oxygen atoms in total. The fraction of sp³-hybridized carbons (Fsp3) is 0.211. The molecule has 0 radical (unpaired) electrons. The zero-order valence-corrected chi connectivity index (χ0v) is 22.6. The molecule has 0 saturated carbocycles. The van der Waals surface area contributed by atoms with Gasteiger partial charge in [0.1, 0.15) is 5.41 Å². The smallest absolute Gasteiger partial charge is 0.0764 e. The molecule has 0 saturated heterocycles. The van der Waals surface area contributed by atoms with Crippen LogP contribution >= 0.6 is 0 Å². The lowest BCUT2D eigenvalue weighted by atomic mass is 9.68. The van der Waals surface area contributed by atoms with Crippen molar-refractivity contribution >= 4 is 11.1 Å². The molecule has 4 aromatic rings. The van der Waals surface area contributed by atoms with Crippen LogP contribution in [0.4, 0.5) is 0 Å². The van der Waals surface area contributed by atoms with Crippen LogP contribution in [-0.2, 0) is 5.41 Å². The van der Waals surface area contributed by atoms with Crippen molar-refractivity contribution in [1.29, 1.82) is 0 Å². The van der Waals surface area contributed by atoms with Crippen molar-refractivity contribution in [2.75, 3.05) is 0 Å². The molecule has 1 aliphatic rings. The highest BCUT2D eigenvalue weighted by molar-refractivity contribution is 5.99. The van der Waals surface area contributed by atoms with Gasteiger partial charge in [0.15, 0.2) is 0 Å². The topological polar surface area (TPSA) is 0 Å². The first-order valence-electron chi connectivity index (χ1n) is 14.0. The monoisotopic (exact) mass is 492 g/mol. The molecule has 38 heavy (non-hydrogen) atoms. The number of benzene rings is 4. The van der Waals surface area contributed by atoms with E-state index in [1.165, 1.54) is 39.0 Å². The summed E-state index contributed by atoms with van der Waals surface area (Å²) >= 11 is 0. The zero-order valence-electron chi connectivity index (χ0n) is 22.6. The van der Waals surface area contributed by atoms with Gasteiger partial charge in [-0.1, -0.05) is 148 Å². The second-order valence-electron chi connectivity index (χ2n) is 10.0. The molecule has 4 aromatic carbocycles. The minimum atomic E-state index is -0.563. The van der Waals surface area contributed by atoms with E-state index in [1.54, 1.807) is 0 Å². The highest BCUT2D eigenvalue weighted by atomic mass is 14.5. The molecule has 1 atom stereocenters. The minimum Gasteiger partial charge on any atom is -0.0764 e. The maximum atomic E-state index is 3.92. The summed E-state index contributed by atoms with van der Waals surface area (Å²) in [5.74, 6) is 7.54. The molecular weight excluding hydrogens is 456 g/mol. The molecule has 5 rings (SSSR count). The van der Waals surface area contributed by atoms with E-state index < -0.39 is 5.41 Å². The standard InChI is InChI=1S/C38H36/c1-3-5-24-33(31-20-12-8-13-21-31)37-35(25-6-4-2)34-26-16-17-27-36(34)38(37,32-22-14-9-15-23-32)29-28-30-18-10-7-11-19-30/h7-24,26-27H,3-6,25H2,1-2H3/b33-24+. The van der Waals surface area contributed by atoms with E-state index in [1.807, 2.05) is 0 Å². The average Bonchev–Trinajstić information content (AvgIpc) is 3.27. The highest BCUT2D eigenvalue weighted by Crippen LogP contribution is 2.56. The van der Waals surface area contributed by atoms with Crippen LogP contribution in [0.15, 0.2) is 127 Å². The molecule has 0 N–H and O–H groups in total. The molecule has 188 valence electrons. The zero-order chi connectivity index (χ0) is 26.2. The van der Waals surface area contributed by atoms with Crippen molar-refractivity contribution < 1.29 is 0 Å². The number of fused-ring (bicyclic) bond motifs is 1. The summed E-state index contributed by atoms with van der Waals surface area (Å²) in [5, 5.41) is 0. The molecule has 1 aliphatic carbocycles. The summed E-state index contributed by atoms with van der Waals surface area (Å²) in [6, 6.07) is 41.3. The lowest BCUT2D eigenvalue weighted by Gasteiger charge is -2.32. The van der Waals surface area contributed by atoms with Crippen molar-refractivity contribution in [3.8, 4) is 11.8 Å². The molecule has 0 bridgehead atoms. The third-order valence-corrected chi connectivity index (χ3v) is 7.48. The SMILES string of the molecule is CCC/C=C(/C1=C(CCCC)c2ccccc2C1(C#Cc1ccccc1)c1ccccc1)c1ccccc1. The largest absolute Gasteiger partial charge is 0.108 e. The van der Waals surface area contributed by atoms with E-state index in [2.05, 4.69) is 147 Å². The van der Waals surface area contributed by atoms with E-state index in [9.17, 15) is 0 Å². The Bertz CT molecular complexity index is 1480. The van der Waals surface area contributed by atoms with E-state index in [0.717, 1.165) is 37.7 Å². The second kappa shape index (κ2) is 12.0. The van der Waals surface area contributed by atoms with Crippen molar-refractivity contribution in [2.45, 2.75) is 51.4 Å². The molecule has 0 amide bonds. The van der Waals surface area contributed by atoms with Crippen LogP contribution in [0, 0.1) is 11.8 Å². The Labute approximate surface area is 228 Å². The summed E-state index contributed by atoms with van der Waals surface area (Å²) < 4.78 is 0. The fourth-order valence-electron chi connectivity index (χ4n) is 5.69. The highest BCUT2D eigenvalue weighted by Gasteiger charge is 2.46. The van der Waals surface area contributed by atoms with Crippen molar-refractivity contribution in [3.63, 3.8) is 0 Å². The lowest BCUT2D eigenvalue weighted by Crippen LogP contribution is -2.27. The molecule has 0 aromatic heterocycles. The predicted octanol–water partition coefficient (Wildman–Crippen LogP) is 9.87. The molecular formula is C38H36. The summed E-state index contributed by atoms with van der Waals surface area (Å²) in [6.45, 7) is 4.54. The third kappa shape index (κ3) is 4.90. The molecule has 0 spiro atoms. The van der Waals surface area contributed by atoms with Gasteiger partial charge < -0.3 is 0 Å². The first-order valence-corrected chi connectivity index (χ1v) is 14.0. The van der Waals surface area contributed by atoms with E-state index in [0.29, 0.717) is 0 Å². The fourth-order valence-corrected chi connectivity index (χ4v) is 5.69. The van der Waals surface area contributed by atoms with Crippen LogP contribution in [0.5, 0.6) is 0 Å². The summed E-state index contributed by atoms with van der Waals surface area (Å²) in [5.41, 5.74) is 9.75. The summed E-state index contributed by atoms with van der Waals surface area (Å²) in [4.78, 5) is 0. The lowest BCUT2D eigenvalue weighted by molar-refractivity contribution is 0.811. The van der Waals surface area contributed by atoms with Crippen molar-refractivity contribution in [1.82, 2.24) is 0 Å². The van der Waals surface area contributed by atoms with Crippen LogP contribution in [0.25, 0.3) is 11.1 Å². The molecule has 0 fully saturated rings. The van der Waals surface area contributed by atoms with Gasteiger partial charge in [-0.15, -0.1) is 0 Å². The van der Waals surface area contributed by atoms with Crippen LogP contribution in [0.2, 0.25) is 0 Å². The molecule has 0 heteroatoms. The number of unbranched alkanes of at least 4 members (excludes halogenated alkanes) is 2. The Hall–Kier alpha value is -4.08. The van der Waals surface area contributed by atoms with Gasteiger partial charge in [0.25, 0.3) is 0 Å². The maximum absolute atomic E-state index is 3.92. The Kier molecular flexibility index (Phi) is 8.06. The van der Waals surface area contributed by atoms with E-state index in [4.69, 9.17) is 0 Å². The van der Waals surface area contributed by atoms with E-state index >= 15 is 0 Å². The quantitative estimate of drug-likeness (QED) is 0.215. The van der Waals surface area contributed by atoms with Gasteiger partial charge in [-0.2, -0.15) is 0 Å². The Morgan fingerprint density at radius 3 is 2.03 bits per heavy atom. The predicted molar refractivity (Wildman–Crippen MR) is 163 cm³/mol. The number of hydrogen-bond donors (Lipinski definition) is 0. The van der Waals surface area contributed by atoms with Crippen molar-refractivity contribution in [2.24, 2.45) is 0 Å². The molecule has 0 aliphatic heterocycles. The third-order valence-electron chi connectivity index (χ3n) is 7.48. The van der Waals surface area contributed by atoms with Crippen LogP contribution in [0.3, 0.4) is 0 Å². The van der Waals surface area contributed by atoms with Gasteiger partial charge >= 0.3 is 0 Å².